The number of methoxy groups -OCH3 is 1. The molecule has 1 aromatic carbocycles. The van der Waals surface area contributed by atoms with Crippen molar-refractivity contribution >= 4 is 5.91 Å². The predicted molar refractivity (Wildman–Crippen MR) is 91.9 cm³/mol. The molecule has 0 saturated carbocycles. The number of carbonyl (C=O) groups is 1. The Kier molecular flexibility index (Phi) is 3.85. The van der Waals surface area contributed by atoms with Crippen LogP contribution in [0.5, 0.6) is 0 Å². The lowest BCUT2D eigenvalue weighted by Crippen LogP contribution is -2.44. The van der Waals surface area contributed by atoms with Gasteiger partial charge in [-0.2, -0.15) is 0 Å². The minimum Gasteiger partial charge on any atom is -0.377 e. The third-order valence-electron chi connectivity index (χ3n) is 5.66. The average Bonchev–Trinajstić information content (AvgIpc) is 2.96. The highest BCUT2D eigenvalue weighted by Crippen LogP contribution is 2.51. The molecule has 2 aliphatic rings. The number of fused-ring (bicyclic) bond motifs is 2. The fraction of sp³-hybridized carbons (Fsp3) is 0.400. The molecule has 2 heterocycles. The zero-order chi connectivity index (χ0) is 16.6. The van der Waals surface area contributed by atoms with Gasteiger partial charge >= 0.3 is 0 Å². The molecular weight excluding hydrogens is 300 g/mol. The van der Waals surface area contributed by atoms with E-state index in [1.807, 2.05) is 17.0 Å². The van der Waals surface area contributed by atoms with Gasteiger partial charge in [0.25, 0.3) is 5.91 Å². The second-order valence-corrected chi connectivity index (χ2v) is 6.83. The van der Waals surface area contributed by atoms with Gasteiger partial charge in [-0.1, -0.05) is 24.3 Å². The first-order valence-electron chi connectivity index (χ1n) is 8.55. The van der Waals surface area contributed by atoms with Crippen LogP contribution in [0.4, 0.5) is 0 Å². The number of amides is 1. The molecule has 0 N–H and O–H groups in total. The first kappa shape index (κ1) is 15.3. The largest absolute Gasteiger partial charge is 0.377 e. The number of piperidine rings is 1. The van der Waals surface area contributed by atoms with Crippen LogP contribution in [0.2, 0.25) is 0 Å². The van der Waals surface area contributed by atoms with Crippen LogP contribution >= 0.6 is 0 Å². The Labute approximate surface area is 142 Å². The molecule has 1 saturated heterocycles. The van der Waals surface area contributed by atoms with Crippen LogP contribution in [0.1, 0.15) is 46.9 Å². The van der Waals surface area contributed by atoms with Crippen LogP contribution in [-0.4, -0.2) is 36.0 Å². The highest BCUT2D eigenvalue weighted by Gasteiger charge is 2.46. The van der Waals surface area contributed by atoms with E-state index >= 15 is 0 Å². The van der Waals surface area contributed by atoms with E-state index in [2.05, 4.69) is 29.2 Å². The first-order chi connectivity index (χ1) is 11.7. The molecule has 4 heteroatoms. The Bertz CT molecular complexity index is 736. The Morgan fingerprint density at radius 1 is 1.21 bits per heavy atom. The normalized spacial score (nSPS) is 21.7. The number of rotatable bonds is 2. The molecule has 4 nitrogen and oxygen atoms in total. The van der Waals surface area contributed by atoms with E-state index in [1.54, 1.807) is 19.5 Å². The molecule has 0 radical (unpaired) electrons. The van der Waals surface area contributed by atoms with Crippen LogP contribution in [0.3, 0.4) is 0 Å². The molecule has 2 aromatic rings. The number of hydrogen-bond donors (Lipinski definition) is 0. The van der Waals surface area contributed by atoms with Gasteiger partial charge in [0.1, 0.15) is 0 Å². The zero-order valence-electron chi connectivity index (χ0n) is 13.9. The third-order valence-corrected chi connectivity index (χ3v) is 5.66. The molecule has 1 fully saturated rings. The average molecular weight is 322 g/mol. The molecule has 1 unspecified atom stereocenters. The smallest absolute Gasteiger partial charge is 0.255 e. The molecule has 1 aliphatic carbocycles. The SMILES string of the molecule is COC1CC2(CCN(C(=O)c3cccnc3)CC2)c2ccccc21. The van der Waals surface area contributed by atoms with E-state index in [9.17, 15) is 4.79 Å². The molecule has 1 aromatic heterocycles. The topological polar surface area (TPSA) is 42.4 Å². The predicted octanol–water partition coefficient (Wildman–Crippen LogP) is 3.35. The summed E-state index contributed by atoms with van der Waals surface area (Å²) in [7, 11) is 1.79. The van der Waals surface area contributed by atoms with Crippen LogP contribution in [0.25, 0.3) is 0 Å². The lowest BCUT2D eigenvalue weighted by atomic mass is 9.73. The molecule has 1 atom stereocenters. The van der Waals surface area contributed by atoms with E-state index in [0.717, 1.165) is 32.4 Å². The maximum absolute atomic E-state index is 12.6. The molecule has 24 heavy (non-hydrogen) atoms. The summed E-state index contributed by atoms with van der Waals surface area (Å²) in [5.41, 5.74) is 3.58. The molecule has 0 bridgehead atoms. The van der Waals surface area contributed by atoms with Crippen LogP contribution < -0.4 is 0 Å². The minimum atomic E-state index is 0.0903. The van der Waals surface area contributed by atoms with Crippen molar-refractivity contribution in [1.82, 2.24) is 9.88 Å². The minimum absolute atomic E-state index is 0.0903. The summed E-state index contributed by atoms with van der Waals surface area (Å²) in [6, 6.07) is 12.3. The van der Waals surface area contributed by atoms with Crippen LogP contribution in [0, 0.1) is 0 Å². The van der Waals surface area contributed by atoms with Gasteiger partial charge in [0.05, 0.1) is 11.7 Å². The lowest BCUT2D eigenvalue weighted by Gasteiger charge is -2.40. The van der Waals surface area contributed by atoms with Crippen molar-refractivity contribution in [3.63, 3.8) is 0 Å². The maximum atomic E-state index is 12.6. The summed E-state index contributed by atoms with van der Waals surface area (Å²) in [5, 5.41) is 0. The van der Waals surface area contributed by atoms with Crippen molar-refractivity contribution in [2.24, 2.45) is 0 Å². The van der Waals surface area contributed by atoms with Gasteiger partial charge < -0.3 is 9.64 Å². The maximum Gasteiger partial charge on any atom is 0.255 e. The number of hydrogen-bond acceptors (Lipinski definition) is 3. The summed E-state index contributed by atoms with van der Waals surface area (Å²) in [6.07, 6.45) is 6.55. The second kappa shape index (κ2) is 6.02. The van der Waals surface area contributed by atoms with Gasteiger partial charge in [0.2, 0.25) is 0 Å². The first-order valence-corrected chi connectivity index (χ1v) is 8.55. The van der Waals surface area contributed by atoms with Crippen LogP contribution in [0.15, 0.2) is 48.8 Å². The van der Waals surface area contributed by atoms with E-state index in [4.69, 9.17) is 4.74 Å². The van der Waals surface area contributed by atoms with Gasteiger partial charge in [-0.15, -0.1) is 0 Å². The number of pyridine rings is 1. The Balaban J connectivity index is 1.53. The monoisotopic (exact) mass is 322 g/mol. The van der Waals surface area contributed by atoms with Crippen molar-refractivity contribution in [3.05, 3.63) is 65.5 Å². The van der Waals surface area contributed by atoms with Gasteiger partial charge in [-0.3, -0.25) is 9.78 Å². The second-order valence-electron chi connectivity index (χ2n) is 6.83. The highest BCUT2D eigenvalue weighted by molar-refractivity contribution is 5.93. The third kappa shape index (κ3) is 2.42. The highest BCUT2D eigenvalue weighted by atomic mass is 16.5. The van der Waals surface area contributed by atoms with Gasteiger partial charge in [0, 0.05) is 38.0 Å². The van der Waals surface area contributed by atoms with Gasteiger partial charge in [-0.25, -0.2) is 0 Å². The van der Waals surface area contributed by atoms with Crippen molar-refractivity contribution in [2.75, 3.05) is 20.2 Å². The molecule has 1 spiro atoms. The zero-order valence-corrected chi connectivity index (χ0v) is 13.9. The number of nitrogens with zero attached hydrogens (tertiary/aromatic N) is 2. The lowest BCUT2D eigenvalue weighted by molar-refractivity contribution is 0.0558. The molecular formula is C20H22N2O2. The molecule has 4 rings (SSSR count). The number of likely N-dealkylation sites (tertiary alicyclic amines) is 1. The van der Waals surface area contributed by atoms with E-state index in [0.29, 0.717) is 5.56 Å². The van der Waals surface area contributed by atoms with Gasteiger partial charge in [0.15, 0.2) is 0 Å². The van der Waals surface area contributed by atoms with Crippen LogP contribution in [-0.2, 0) is 10.2 Å². The fourth-order valence-electron chi connectivity index (χ4n) is 4.33. The number of ether oxygens (including phenoxy) is 1. The van der Waals surface area contributed by atoms with Crippen molar-refractivity contribution < 1.29 is 9.53 Å². The Morgan fingerprint density at radius 3 is 2.71 bits per heavy atom. The summed E-state index contributed by atoms with van der Waals surface area (Å²) in [4.78, 5) is 18.7. The van der Waals surface area contributed by atoms with E-state index < -0.39 is 0 Å². The summed E-state index contributed by atoms with van der Waals surface area (Å²) >= 11 is 0. The summed E-state index contributed by atoms with van der Waals surface area (Å²) < 4.78 is 5.72. The quantitative estimate of drug-likeness (QED) is 0.851. The molecule has 124 valence electrons. The Morgan fingerprint density at radius 2 is 2.00 bits per heavy atom. The van der Waals surface area contributed by atoms with Crippen molar-refractivity contribution in [1.29, 1.82) is 0 Å². The number of aromatic nitrogens is 1. The van der Waals surface area contributed by atoms with E-state index in [1.165, 1.54) is 11.1 Å². The fourth-order valence-corrected chi connectivity index (χ4v) is 4.33. The number of benzene rings is 1. The standard InChI is InChI=1S/C20H22N2O2/c1-24-18-13-20(17-7-3-2-6-16(17)18)8-11-22(12-9-20)19(23)15-5-4-10-21-14-15/h2-7,10,14,18H,8-9,11-13H2,1H3. The summed E-state index contributed by atoms with van der Waals surface area (Å²) in [6.45, 7) is 1.58. The molecule has 1 aliphatic heterocycles. The van der Waals surface area contributed by atoms with Crippen molar-refractivity contribution in [2.45, 2.75) is 30.8 Å². The number of carbonyl (C=O) groups excluding carboxylic acids is 1. The van der Waals surface area contributed by atoms with Gasteiger partial charge in [-0.05, 0) is 42.5 Å². The van der Waals surface area contributed by atoms with Crippen molar-refractivity contribution in [3.8, 4) is 0 Å². The molecule has 1 amide bonds. The summed E-state index contributed by atoms with van der Waals surface area (Å²) in [5.74, 6) is 0.0903. The van der Waals surface area contributed by atoms with E-state index in [-0.39, 0.29) is 17.4 Å². The Hall–Kier alpha value is -2.20.